The van der Waals surface area contributed by atoms with Gasteiger partial charge in [0, 0.05) is 12.7 Å². The zero-order valence-electron chi connectivity index (χ0n) is 7.76. The number of nitrogens with zero attached hydrogens (tertiary/aromatic N) is 1. The molecule has 0 bridgehead atoms. The smallest absolute Gasteiger partial charge is 0.148 e. The van der Waals surface area contributed by atoms with Crippen molar-refractivity contribution in [3.05, 3.63) is 29.3 Å². The molecule has 0 aliphatic heterocycles. The minimum Gasteiger partial charge on any atom is -0.325 e. The van der Waals surface area contributed by atoms with Crippen molar-refractivity contribution in [3.63, 3.8) is 0 Å². The molecule has 2 nitrogen and oxygen atoms in total. The van der Waals surface area contributed by atoms with Crippen LogP contribution in [0.2, 0.25) is 0 Å². The van der Waals surface area contributed by atoms with Gasteiger partial charge in [-0.3, -0.25) is 4.98 Å². The monoisotopic (exact) mass is 170 g/mol. The van der Waals surface area contributed by atoms with Crippen molar-refractivity contribution in [2.75, 3.05) is 0 Å². The van der Waals surface area contributed by atoms with Crippen LogP contribution in [-0.4, -0.2) is 4.98 Å². The van der Waals surface area contributed by atoms with Gasteiger partial charge in [-0.2, -0.15) is 0 Å². The van der Waals surface area contributed by atoms with Crippen molar-refractivity contribution >= 4 is 0 Å². The van der Waals surface area contributed by atoms with Crippen LogP contribution in [0.4, 0.5) is 4.39 Å². The lowest BCUT2D eigenvalue weighted by Crippen LogP contribution is -2.03. The van der Waals surface area contributed by atoms with Crippen molar-refractivity contribution in [2.45, 2.75) is 27.3 Å². The Morgan fingerprint density at radius 2 is 2.08 bits per heavy atom. The minimum absolute atomic E-state index is 0.160. The summed E-state index contributed by atoms with van der Waals surface area (Å²) in [7, 11) is 0. The number of rotatable bonds is 1. The predicted molar refractivity (Wildman–Crippen MR) is 48.2 cm³/mol. The summed E-state index contributed by atoms with van der Waals surface area (Å²) in [5.41, 5.74) is 6.14. The van der Waals surface area contributed by atoms with Crippen LogP contribution in [0.1, 0.15) is 25.1 Å². The van der Waals surface area contributed by atoms with Gasteiger partial charge >= 0.3 is 0 Å². The third kappa shape index (κ3) is 2.58. The van der Waals surface area contributed by atoms with Crippen molar-refractivity contribution in [1.82, 2.24) is 4.98 Å². The molecule has 0 spiro atoms. The van der Waals surface area contributed by atoms with E-state index < -0.39 is 0 Å². The van der Waals surface area contributed by atoms with Gasteiger partial charge in [0.1, 0.15) is 5.82 Å². The number of aryl methyl sites for hydroxylation is 1. The Kier molecular flexibility index (Phi) is 5.21. The van der Waals surface area contributed by atoms with E-state index >= 15 is 0 Å². The van der Waals surface area contributed by atoms with Crippen LogP contribution in [-0.2, 0) is 6.54 Å². The van der Waals surface area contributed by atoms with E-state index in [9.17, 15) is 4.39 Å². The maximum atomic E-state index is 12.9. The summed E-state index contributed by atoms with van der Waals surface area (Å²) in [6, 6.07) is 1.62. The van der Waals surface area contributed by atoms with Crippen LogP contribution < -0.4 is 5.73 Å². The molecule has 1 heterocycles. The first-order valence-corrected chi connectivity index (χ1v) is 4.05. The number of aromatic nitrogens is 1. The lowest BCUT2D eigenvalue weighted by Gasteiger charge is -1.99. The summed E-state index contributed by atoms with van der Waals surface area (Å²) in [5.74, 6) is -0.287. The fourth-order valence-corrected chi connectivity index (χ4v) is 0.739. The van der Waals surface area contributed by atoms with E-state index in [1.165, 1.54) is 0 Å². The lowest BCUT2D eigenvalue weighted by molar-refractivity contribution is 0.591. The molecular formula is C9H15FN2. The second-order valence-electron chi connectivity index (χ2n) is 2.09. The lowest BCUT2D eigenvalue weighted by atomic mass is 10.2. The van der Waals surface area contributed by atoms with Gasteiger partial charge in [-0.05, 0) is 18.6 Å². The molecule has 0 radical (unpaired) electrons. The Bertz CT molecular complexity index is 236. The Labute approximate surface area is 72.6 Å². The molecule has 1 aromatic rings. The Balaban J connectivity index is 0.000000561. The Morgan fingerprint density at radius 1 is 1.50 bits per heavy atom. The van der Waals surface area contributed by atoms with E-state index in [1.807, 2.05) is 13.8 Å². The molecule has 2 N–H and O–H groups in total. The second kappa shape index (κ2) is 5.66. The zero-order valence-corrected chi connectivity index (χ0v) is 7.76. The molecule has 0 saturated heterocycles. The summed E-state index contributed by atoms with van der Waals surface area (Å²) in [6.45, 7) is 5.85. The minimum atomic E-state index is -0.287. The number of pyridine rings is 1. The number of hydrogen-bond donors (Lipinski definition) is 1. The number of hydrogen-bond acceptors (Lipinski definition) is 2. The molecule has 0 aliphatic rings. The molecule has 1 rings (SSSR count). The largest absolute Gasteiger partial charge is 0.325 e. The van der Waals surface area contributed by atoms with E-state index in [-0.39, 0.29) is 12.4 Å². The van der Waals surface area contributed by atoms with Gasteiger partial charge in [0.25, 0.3) is 0 Å². The molecule has 0 amide bonds. The van der Waals surface area contributed by atoms with E-state index in [0.29, 0.717) is 11.3 Å². The van der Waals surface area contributed by atoms with Crippen molar-refractivity contribution < 1.29 is 4.39 Å². The van der Waals surface area contributed by atoms with E-state index in [1.54, 1.807) is 19.2 Å². The first-order chi connectivity index (χ1) is 5.75. The van der Waals surface area contributed by atoms with Crippen LogP contribution in [0, 0.1) is 12.7 Å². The van der Waals surface area contributed by atoms with E-state index in [2.05, 4.69) is 4.98 Å². The first-order valence-electron chi connectivity index (χ1n) is 4.05. The van der Waals surface area contributed by atoms with E-state index in [4.69, 9.17) is 5.73 Å². The molecule has 0 unspecified atom stereocenters. The average Bonchev–Trinajstić information content (AvgIpc) is 2.13. The SMILES string of the molecule is CC.Cc1ccnc(CN)c1F. The standard InChI is InChI=1S/C7H9FN2.C2H6/c1-5-2-3-10-6(4-9)7(5)8;1-2/h2-3H,4,9H2,1H3;1-2H3. The van der Waals surface area contributed by atoms with Gasteiger partial charge in [-0.25, -0.2) is 4.39 Å². The molecular weight excluding hydrogens is 155 g/mol. The molecule has 68 valence electrons. The van der Waals surface area contributed by atoms with Crippen molar-refractivity contribution in [2.24, 2.45) is 5.73 Å². The van der Waals surface area contributed by atoms with Gasteiger partial charge in [-0.1, -0.05) is 13.8 Å². The fraction of sp³-hybridized carbons (Fsp3) is 0.444. The van der Waals surface area contributed by atoms with Gasteiger partial charge in [0.05, 0.1) is 5.69 Å². The molecule has 0 aliphatic carbocycles. The Hall–Kier alpha value is -0.960. The first kappa shape index (κ1) is 11.0. The summed E-state index contributed by atoms with van der Waals surface area (Å²) < 4.78 is 12.9. The second-order valence-corrected chi connectivity index (χ2v) is 2.09. The highest BCUT2D eigenvalue weighted by Crippen LogP contribution is 2.07. The molecule has 12 heavy (non-hydrogen) atoms. The van der Waals surface area contributed by atoms with Crippen LogP contribution >= 0.6 is 0 Å². The normalized spacial score (nSPS) is 8.75. The van der Waals surface area contributed by atoms with Crippen molar-refractivity contribution in [3.8, 4) is 0 Å². The fourth-order valence-electron chi connectivity index (χ4n) is 0.739. The number of halogens is 1. The molecule has 0 atom stereocenters. The van der Waals surface area contributed by atoms with Crippen LogP contribution in [0.25, 0.3) is 0 Å². The van der Waals surface area contributed by atoms with Gasteiger partial charge in [0.2, 0.25) is 0 Å². The molecule has 0 aromatic carbocycles. The summed E-state index contributed by atoms with van der Waals surface area (Å²) >= 11 is 0. The summed E-state index contributed by atoms with van der Waals surface area (Å²) in [4.78, 5) is 3.76. The molecule has 1 aromatic heterocycles. The maximum Gasteiger partial charge on any atom is 0.148 e. The summed E-state index contributed by atoms with van der Waals surface area (Å²) in [5, 5.41) is 0. The highest BCUT2D eigenvalue weighted by Gasteiger charge is 2.02. The van der Waals surface area contributed by atoms with Gasteiger partial charge < -0.3 is 5.73 Å². The zero-order chi connectivity index (χ0) is 9.56. The van der Waals surface area contributed by atoms with Gasteiger partial charge in [0.15, 0.2) is 0 Å². The van der Waals surface area contributed by atoms with Crippen LogP contribution in [0.5, 0.6) is 0 Å². The van der Waals surface area contributed by atoms with Gasteiger partial charge in [-0.15, -0.1) is 0 Å². The third-order valence-corrected chi connectivity index (χ3v) is 1.35. The third-order valence-electron chi connectivity index (χ3n) is 1.35. The number of nitrogens with two attached hydrogens (primary N) is 1. The molecule has 0 fully saturated rings. The predicted octanol–water partition coefficient (Wildman–Crippen LogP) is 2.01. The quantitative estimate of drug-likeness (QED) is 0.700. The summed E-state index contributed by atoms with van der Waals surface area (Å²) in [6.07, 6.45) is 1.56. The molecule has 0 saturated carbocycles. The molecule has 3 heteroatoms. The van der Waals surface area contributed by atoms with Crippen LogP contribution in [0.3, 0.4) is 0 Å². The van der Waals surface area contributed by atoms with Crippen LogP contribution in [0.15, 0.2) is 12.3 Å². The Morgan fingerprint density at radius 3 is 2.50 bits per heavy atom. The van der Waals surface area contributed by atoms with Crippen molar-refractivity contribution in [1.29, 1.82) is 0 Å². The average molecular weight is 170 g/mol. The highest BCUT2D eigenvalue weighted by atomic mass is 19.1. The van der Waals surface area contributed by atoms with E-state index in [0.717, 1.165) is 0 Å². The topological polar surface area (TPSA) is 38.9 Å². The maximum absolute atomic E-state index is 12.9. The highest BCUT2D eigenvalue weighted by molar-refractivity contribution is 5.17.